The lowest BCUT2D eigenvalue weighted by molar-refractivity contribution is -0.140. The highest BCUT2D eigenvalue weighted by molar-refractivity contribution is 7.92. The highest BCUT2D eigenvalue weighted by Gasteiger charge is 2.35. The lowest BCUT2D eigenvalue weighted by Gasteiger charge is -2.34. The summed E-state index contributed by atoms with van der Waals surface area (Å²) < 4.78 is 29.2. The summed E-state index contributed by atoms with van der Waals surface area (Å²) >= 11 is 0. The molecular weight excluding hydrogens is 522 g/mol. The first-order chi connectivity index (χ1) is 19.2. The number of carbonyl (C=O) groups is 2. The zero-order chi connectivity index (χ0) is 28.7. The van der Waals surface area contributed by atoms with Gasteiger partial charge in [-0.05, 0) is 68.0 Å². The molecule has 4 rings (SSSR count). The lowest BCUT2D eigenvalue weighted by atomic mass is 10.1. The van der Waals surface area contributed by atoms with E-state index in [2.05, 4.69) is 5.32 Å². The number of nitrogens with one attached hydrogen (secondary N) is 1. The Morgan fingerprint density at radius 1 is 0.900 bits per heavy atom. The molecule has 7 nitrogen and oxygen atoms in total. The van der Waals surface area contributed by atoms with Crippen LogP contribution in [0.5, 0.6) is 0 Å². The molecule has 1 aliphatic rings. The van der Waals surface area contributed by atoms with Crippen LogP contribution in [0.1, 0.15) is 55.7 Å². The minimum atomic E-state index is -4.08. The number of carbonyl (C=O) groups excluding carboxylic acids is 2. The van der Waals surface area contributed by atoms with Crippen LogP contribution in [-0.2, 0) is 26.2 Å². The lowest BCUT2D eigenvalue weighted by Crippen LogP contribution is -2.53. The smallest absolute Gasteiger partial charge is 0.264 e. The summed E-state index contributed by atoms with van der Waals surface area (Å²) in [5.74, 6) is -0.624. The minimum Gasteiger partial charge on any atom is -0.352 e. The van der Waals surface area contributed by atoms with Crippen molar-refractivity contribution in [3.8, 4) is 0 Å². The van der Waals surface area contributed by atoms with E-state index in [1.165, 1.54) is 21.3 Å². The van der Waals surface area contributed by atoms with Gasteiger partial charge < -0.3 is 10.2 Å². The average Bonchev–Trinajstić information content (AvgIpc) is 3.47. The molecule has 212 valence electrons. The van der Waals surface area contributed by atoms with Crippen molar-refractivity contribution in [2.75, 3.05) is 10.8 Å². The summed E-state index contributed by atoms with van der Waals surface area (Å²) in [7, 11) is -4.08. The molecule has 1 saturated carbocycles. The van der Waals surface area contributed by atoms with E-state index in [1.807, 2.05) is 57.2 Å². The third-order valence-corrected chi connectivity index (χ3v) is 9.51. The Hall–Kier alpha value is -3.65. The van der Waals surface area contributed by atoms with Gasteiger partial charge in [-0.25, -0.2) is 8.42 Å². The molecule has 0 aliphatic heterocycles. The monoisotopic (exact) mass is 561 g/mol. The standard InChI is InChI=1S/C32H39N3O4S/c1-4-29(32(37)33-27-17-11-12-18-27)34(22-26-15-7-5-8-16-26)31(36)23-35(30-21-13-14-24(2)25(30)3)40(38,39)28-19-9-6-10-20-28/h5-10,13-16,19-21,27,29H,4,11-12,17-18,22-23H2,1-3H3,(H,33,37)/t29-/m0/s1. The number of hydrogen-bond acceptors (Lipinski definition) is 4. The maximum atomic E-state index is 14.2. The normalized spacial score (nSPS) is 14.5. The number of anilines is 1. The van der Waals surface area contributed by atoms with Crippen LogP contribution in [0.2, 0.25) is 0 Å². The van der Waals surface area contributed by atoms with Gasteiger partial charge in [-0.1, -0.05) is 80.4 Å². The molecule has 1 aliphatic carbocycles. The summed E-state index contributed by atoms with van der Waals surface area (Å²) in [5, 5.41) is 3.14. The molecule has 1 fully saturated rings. The van der Waals surface area contributed by atoms with Crippen molar-refractivity contribution >= 4 is 27.5 Å². The van der Waals surface area contributed by atoms with Crippen molar-refractivity contribution in [1.29, 1.82) is 0 Å². The van der Waals surface area contributed by atoms with Crippen LogP contribution in [0.15, 0.2) is 83.8 Å². The van der Waals surface area contributed by atoms with E-state index < -0.39 is 28.5 Å². The summed E-state index contributed by atoms with van der Waals surface area (Å²) in [4.78, 5) is 29.3. The number of nitrogens with zero attached hydrogens (tertiary/aromatic N) is 2. The summed E-state index contributed by atoms with van der Waals surface area (Å²) in [6.07, 6.45) is 4.44. The molecule has 2 amide bonds. The van der Waals surface area contributed by atoms with Crippen LogP contribution in [-0.4, -0.2) is 43.8 Å². The van der Waals surface area contributed by atoms with Crippen molar-refractivity contribution in [2.24, 2.45) is 0 Å². The van der Waals surface area contributed by atoms with E-state index in [-0.39, 0.29) is 23.4 Å². The van der Waals surface area contributed by atoms with Gasteiger partial charge in [-0.2, -0.15) is 0 Å². The van der Waals surface area contributed by atoms with Crippen LogP contribution >= 0.6 is 0 Å². The second-order valence-corrected chi connectivity index (χ2v) is 12.3. The number of amides is 2. The zero-order valence-electron chi connectivity index (χ0n) is 23.5. The van der Waals surface area contributed by atoms with E-state index in [0.29, 0.717) is 12.1 Å². The first kappa shape index (κ1) is 29.3. The Kier molecular flexibility index (Phi) is 9.63. The second-order valence-electron chi connectivity index (χ2n) is 10.5. The Labute approximate surface area is 238 Å². The van der Waals surface area contributed by atoms with Gasteiger partial charge in [0.25, 0.3) is 10.0 Å². The predicted molar refractivity (Wildman–Crippen MR) is 158 cm³/mol. The van der Waals surface area contributed by atoms with Crippen LogP contribution in [0.4, 0.5) is 5.69 Å². The molecule has 0 spiro atoms. The first-order valence-electron chi connectivity index (χ1n) is 14.0. The molecule has 0 saturated heterocycles. The molecular formula is C32H39N3O4S. The molecule has 1 N–H and O–H groups in total. The van der Waals surface area contributed by atoms with Crippen LogP contribution in [0, 0.1) is 13.8 Å². The highest BCUT2D eigenvalue weighted by Crippen LogP contribution is 2.29. The minimum absolute atomic E-state index is 0.101. The Balaban J connectivity index is 1.72. The van der Waals surface area contributed by atoms with Crippen molar-refractivity contribution in [1.82, 2.24) is 10.2 Å². The largest absolute Gasteiger partial charge is 0.352 e. The molecule has 0 bridgehead atoms. The molecule has 8 heteroatoms. The van der Waals surface area contributed by atoms with Crippen LogP contribution in [0.3, 0.4) is 0 Å². The maximum absolute atomic E-state index is 14.2. The summed E-state index contributed by atoms with van der Waals surface area (Å²) in [6, 6.07) is 22.4. The van der Waals surface area contributed by atoms with Gasteiger partial charge in [0.2, 0.25) is 11.8 Å². The molecule has 0 heterocycles. The van der Waals surface area contributed by atoms with Crippen LogP contribution in [0.25, 0.3) is 0 Å². The second kappa shape index (κ2) is 13.1. The van der Waals surface area contributed by atoms with Crippen molar-refractivity contribution in [3.05, 3.63) is 95.6 Å². The van der Waals surface area contributed by atoms with Crippen LogP contribution < -0.4 is 9.62 Å². The van der Waals surface area contributed by atoms with E-state index in [4.69, 9.17) is 0 Å². The molecule has 0 unspecified atom stereocenters. The van der Waals surface area contributed by atoms with Gasteiger partial charge in [0.05, 0.1) is 10.6 Å². The Bertz CT molecular complexity index is 1400. The van der Waals surface area contributed by atoms with Gasteiger partial charge in [0, 0.05) is 12.6 Å². The number of benzene rings is 3. The van der Waals surface area contributed by atoms with Gasteiger partial charge in [0.15, 0.2) is 0 Å². The predicted octanol–water partition coefficient (Wildman–Crippen LogP) is 5.36. The fourth-order valence-electron chi connectivity index (χ4n) is 5.31. The topological polar surface area (TPSA) is 86.8 Å². The van der Waals surface area contributed by atoms with E-state index in [9.17, 15) is 18.0 Å². The van der Waals surface area contributed by atoms with Gasteiger partial charge >= 0.3 is 0 Å². The average molecular weight is 562 g/mol. The number of sulfonamides is 1. The van der Waals surface area contributed by atoms with Gasteiger partial charge in [-0.3, -0.25) is 13.9 Å². The quantitative estimate of drug-likeness (QED) is 0.341. The molecule has 3 aromatic rings. The molecule has 0 radical (unpaired) electrons. The molecule has 3 aromatic carbocycles. The van der Waals surface area contributed by atoms with E-state index >= 15 is 0 Å². The van der Waals surface area contributed by atoms with E-state index in [0.717, 1.165) is 42.4 Å². The maximum Gasteiger partial charge on any atom is 0.264 e. The van der Waals surface area contributed by atoms with Gasteiger partial charge in [-0.15, -0.1) is 0 Å². The Morgan fingerprint density at radius 2 is 1.52 bits per heavy atom. The molecule has 40 heavy (non-hydrogen) atoms. The third kappa shape index (κ3) is 6.73. The zero-order valence-corrected chi connectivity index (χ0v) is 24.4. The van der Waals surface area contributed by atoms with Crippen molar-refractivity contribution in [2.45, 2.75) is 76.4 Å². The Morgan fingerprint density at radius 3 is 2.15 bits per heavy atom. The molecule has 0 aromatic heterocycles. The van der Waals surface area contributed by atoms with Crippen molar-refractivity contribution in [3.63, 3.8) is 0 Å². The molecule has 1 atom stereocenters. The summed E-state index contributed by atoms with van der Waals surface area (Å²) in [6.45, 7) is 5.42. The first-order valence-corrected chi connectivity index (χ1v) is 15.4. The highest BCUT2D eigenvalue weighted by atomic mass is 32.2. The fourth-order valence-corrected chi connectivity index (χ4v) is 6.80. The van der Waals surface area contributed by atoms with E-state index in [1.54, 1.807) is 30.3 Å². The number of aryl methyl sites for hydroxylation is 1. The number of hydrogen-bond donors (Lipinski definition) is 1. The third-order valence-electron chi connectivity index (χ3n) is 7.74. The van der Waals surface area contributed by atoms with Gasteiger partial charge in [0.1, 0.15) is 12.6 Å². The SMILES string of the molecule is CC[C@@H](C(=O)NC1CCCC1)N(Cc1ccccc1)C(=O)CN(c1cccc(C)c1C)S(=O)(=O)c1ccccc1. The summed E-state index contributed by atoms with van der Waals surface area (Å²) in [5.41, 5.74) is 3.00. The van der Waals surface area contributed by atoms with Crippen molar-refractivity contribution < 1.29 is 18.0 Å². The fraction of sp³-hybridized carbons (Fsp3) is 0.375. The number of rotatable bonds is 11.